The zero-order valence-corrected chi connectivity index (χ0v) is 22.6. The molecule has 4 rings (SSSR count). The molecular formula is C27H34ClN3O4S. The molecule has 2 unspecified atom stereocenters. The quantitative estimate of drug-likeness (QED) is 0.494. The van der Waals surface area contributed by atoms with Crippen molar-refractivity contribution in [3.8, 4) is 0 Å². The topological polar surface area (TPSA) is 81.2 Å². The van der Waals surface area contributed by atoms with Crippen molar-refractivity contribution in [3.63, 3.8) is 0 Å². The van der Waals surface area contributed by atoms with Gasteiger partial charge in [-0.3, -0.25) is 14.4 Å². The maximum absolute atomic E-state index is 14.4. The second kappa shape index (κ2) is 9.88. The number of halogens is 1. The van der Waals surface area contributed by atoms with E-state index in [2.05, 4.69) is 13.2 Å². The smallest absolute Gasteiger partial charge is 0.251 e. The van der Waals surface area contributed by atoms with Gasteiger partial charge in [-0.2, -0.15) is 0 Å². The Labute approximate surface area is 222 Å². The number of thioether (sulfide) groups is 1. The molecule has 3 saturated heterocycles. The lowest BCUT2D eigenvalue weighted by atomic mass is 9.66. The molecule has 0 saturated carbocycles. The summed E-state index contributed by atoms with van der Waals surface area (Å²) in [5, 5.41) is 10.6. The van der Waals surface area contributed by atoms with E-state index in [1.807, 2.05) is 6.92 Å². The van der Waals surface area contributed by atoms with Crippen molar-refractivity contribution in [3.05, 3.63) is 54.6 Å². The first-order valence-electron chi connectivity index (χ1n) is 12.2. The number of hydrogen-bond acceptors (Lipinski definition) is 5. The summed E-state index contributed by atoms with van der Waals surface area (Å²) >= 11 is 7.70. The molecule has 3 fully saturated rings. The summed E-state index contributed by atoms with van der Waals surface area (Å²) < 4.78 is -1.21. The number of nitrogens with zero attached hydrogens (tertiary/aromatic N) is 3. The predicted molar refractivity (Wildman–Crippen MR) is 144 cm³/mol. The molecule has 1 spiro atoms. The minimum Gasteiger partial charge on any atom is -0.394 e. The maximum Gasteiger partial charge on any atom is 0.251 e. The number of likely N-dealkylation sites (N-methyl/N-ethyl adjacent to an activating group) is 1. The van der Waals surface area contributed by atoms with Crippen molar-refractivity contribution in [1.82, 2.24) is 9.80 Å². The lowest BCUT2D eigenvalue weighted by Gasteiger charge is -2.39. The van der Waals surface area contributed by atoms with Gasteiger partial charge in [0, 0.05) is 35.6 Å². The van der Waals surface area contributed by atoms with Crippen molar-refractivity contribution in [2.45, 2.75) is 48.3 Å². The Morgan fingerprint density at radius 3 is 2.44 bits per heavy atom. The second-order valence-corrected chi connectivity index (χ2v) is 12.6. The Kier molecular flexibility index (Phi) is 7.34. The fourth-order valence-corrected chi connectivity index (χ4v) is 8.78. The Morgan fingerprint density at radius 2 is 1.86 bits per heavy atom. The molecule has 1 aromatic rings. The first-order chi connectivity index (χ1) is 17.1. The third-order valence-electron chi connectivity index (χ3n) is 7.95. The van der Waals surface area contributed by atoms with Crippen LogP contribution in [0.15, 0.2) is 49.6 Å². The van der Waals surface area contributed by atoms with Gasteiger partial charge in [0.05, 0.1) is 29.2 Å². The van der Waals surface area contributed by atoms with Gasteiger partial charge < -0.3 is 19.8 Å². The molecule has 6 atom stereocenters. The third-order valence-corrected chi connectivity index (χ3v) is 10.2. The molecule has 3 aliphatic rings. The fraction of sp³-hybridized carbons (Fsp3) is 0.519. The summed E-state index contributed by atoms with van der Waals surface area (Å²) in [6.45, 7) is 11.7. The van der Waals surface area contributed by atoms with Crippen molar-refractivity contribution >= 4 is 46.8 Å². The van der Waals surface area contributed by atoms with Gasteiger partial charge in [-0.05, 0) is 51.0 Å². The number of amides is 3. The Morgan fingerprint density at radius 1 is 1.22 bits per heavy atom. The van der Waals surface area contributed by atoms with Crippen LogP contribution in [-0.2, 0) is 14.4 Å². The summed E-state index contributed by atoms with van der Waals surface area (Å²) in [4.78, 5) is 46.9. The van der Waals surface area contributed by atoms with E-state index in [4.69, 9.17) is 11.6 Å². The molecule has 0 aromatic heterocycles. The molecule has 1 aromatic carbocycles. The Balaban J connectivity index is 1.82. The first kappa shape index (κ1) is 26.8. The van der Waals surface area contributed by atoms with Gasteiger partial charge in [-0.1, -0.05) is 23.8 Å². The van der Waals surface area contributed by atoms with Crippen LogP contribution >= 0.6 is 23.4 Å². The number of aliphatic hydroxyl groups excluding tert-OH is 1. The molecule has 2 bridgehead atoms. The fourth-order valence-electron chi connectivity index (χ4n) is 6.32. The largest absolute Gasteiger partial charge is 0.394 e. The molecule has 0 radical (unpaired) electrons. The first-order valence-corrected chi connectivity index (χ1v) is 13.4. The van der Waals surface area contributed by atoms with E-state index in [-0.39, 0.29) is 30.9 Å². The lowest BCUT2D eigenvalue weighted by Crippen LogP contribution is -2.57. The van der Waals surface area contributed by atoms with Crippen LogP contribution in [0.4, 0.5) is 5.69 Å². The van der Waals surface area contributed by atoms with Gasteiger partial charge in [0.1, 0.15) is 6.04 Å². The van der Waals surface area contributed by atoms with Gasteiger partial charge in [-0.15, -0.1) is 24.9 Å². The number of likely N-dealkylation sites (tertiary alicyclic amines) is 1. The lowest BCUT2D eigenvalue weighted by molar-refractivity contribution is -0.145. The third kappa shape index (κ3) is 3.98. The highest BCUT2D eigenvalue weighted by Crippen LogP contribution is 2.71. The van der Waals surface area contributed by atoms with Crippen LogP contribution in [0.3, 0.4) is 0 Å². The molecule has 9 heteroatoms. The van der Waals surface area contributed by atoms with E-state index < -0.39 is 33.4 Å². The minimum absolute atomic E-state index is 0.102. The van der Waals surface area contributed by atoms with Crippen molar-refractivity contribution in [2.75, 3.05) is 31.6 Å². The zero-order valence-electron chi connectivity index (χ0n) is 21.0. The average molecular weight is 532 g/mol. The van der Waals surface area contributed by atoms with Crippen LogP contribution in [-0.4, -0.2) is 80.9 Å². The number of hydrogen-bond donors (Lipinski definition) is 1. The SMILES string of the molecule is C=CCN(C)C(=O)[C@@H]1[C@H]2C(=O)N([C@H](C)CO)C(C(=O)N(CC=C)c3ccc(Cl)cc3)C23CC[C@@]1(C)S3. The van der Waals surface area contributed by atoms with E-state index in [9.17, 15) is 19.5 Å². The molecule has 194 valence electrons. The molecule has 3 heterocycles. The molecule has 1 N–H and O–H groups in total. The Bertz CT molecular complexity index is 1080. The highest BCUT2D eigenvalue weighted by atomic mass is 35.5. The number of rotatable bonds is 9. The van der Waals surface area contributed by atoms with Gasteiger partial charge in [0.15, 0.2) is 0 Å². The highest BCUT2D eigenvalue weighted by molar-refractivity contribution is 8.02. The maximum atomic E-state index is 14.4. The molecule has 0 aliphatic carbocycles. The van der Waals surface area contributed by atoms with Crippen LogP contribution in [0.2, 0.25) is 5.02 Å². The van der Waals surface area contributed by atoms with Gasteiger partial charge in [-0.25, -0.2) is 0 Å². The zero-order chi connectivity index (χ0) is 26.4. The summed E-state index contributed by atoms with van der Waals surface area (Å²) in [6.07, 6.45) is 4.69. The summed E-state index contributed by atoms with van der Waals surface area (Å²) in [5.74, 6) is -1.76. The van der Waals surface area contributed by atoms with E-state index in [0.29, 0.717) is 23.7 Å². The molecule has 3 aliphatic heterocycles. The van der Waals surface area contributed by atoms with Crippen LogP contribution < -0.4 is 4.90 Å². The van der Waals surface area contributed by atoms with E-state index in [1.165, 1.54) is 0 Å². The Hall–Kier alpha value is -2.29. The van der Waals surface area contributed by atoms with Crippen molar-refractivity contribution in [2.24, 2.45) is 11.8 Å². The highest BCUT2D eigenvalue weighted by Gasteiger charge is 2.77. The number of carbonyl (C=O) groups excluding carboxylic acids is 3. The normalized spacial score (nSPS) is 31.2. The monoisotopic (exact) mass is 531 g/mol. The summed E-state index contributed by atoms with van der Waals surface area (Å²) in [6, 6.07) is 5.59. The number of fused-ring (bicyclic) bond motifs is 1. The predicted octanol–water partition coefficient (Wildman–Crippen LogP) is 3.37. The van der Waals surface area contributed by atoms with Crippen molar-refractivity contribution < 1.29 is 19.5 Å². The van der Waals surface area contributed by atoms with Crippen molar-refractivity contribution in [1.29, 1.82) is 0 Å². The van der Waals surface area contributed by atoms with Crippen LogP contribution in [0.5, 0.6) is 0 Å². The number of carbonyl (C=O) groups is 3. The van der Waals surface area contributed by atoms with E-state index in [0.717, 1.165) is 6.42 Å². The van der Waals surface area contributed by atoms with E-state index >= 15 is 0 Å². The van der Waals surface area contributed by atoms with Gasteiger partial charge in [0.2, 0.25) is 11.8 Å². The number of anilines is 1. The van der Waals surface area contributed by atoms with Gasteiger partial charge >= 0.3 is 0 Å². The van der Waals surface area contributed by atoms with Crippen LogP contribution in [0.1, 0.15) is 26.7 Å². The van der Waals surface area contributed by atoms with Gasteiger partial charge in [0.25, 0.3) is 5.91 Å². The minimum atomic E-state index is -0.817. The molecule has 7 nitrogen and oxygen atoms in total. The molecule has 3 amide bonds. The molecule has 36 heavy (non-hydrogen) atoms. The number of benzene rings is 1. The van der Waals surface area contributed by atoms with Crippen LogP contribution in [0, 0.1) is 11.8 Å². The second-order valence-electron chi connectivity index (χ2n) is 10.2. The number of aliphatic hydroxyl groups is 1. The van der Waals surface area contributed by atoms with E-state index in [1.54, 1.807) is 76.9 Å². The average Bonchev–Trinajstić information content (AvgIpc) is 3.42. The summed E-state index contributed by atoms with van der Waals surface area (Å²) in [5.41, 5.74) is 0.648. The van der Waals surface area contributed by atoms with Crippen LogP contribution in [0.25, 0.3) is 0 Å². The standard InChI is InChI=1S/C27H34ClN3O4S/c1-6-14-29(5)23(33)20-21-24(34)31(17(3)16-32)22(27(21)13-12-26(20,4)36-27)25(35)30(15-7-2)19-10-8-18(28)9-11-19/h6-11,17,20-22,32H,1-2,12-16H2,3-5H3/t17-,20+,21+,22?,26-,27?/m1/s1. The summed E-state index contributed by atoms with van der Waals surface area (Å²) in [7, 11) is 1.72. The molecular weight excluding hydrogens is 498 g/mol.